The van der Waals surface area contributed by atoms with Crippen LogP contribution in [0.15, 0.2) is 12.3 Å². The molecule has 1 aliphatic rings. The second-order valence-corrected chi connectivity index (χ2v) is 6.19. The van der Waals surface area contributed by atoms with E-state index in [4.69, 9.17) is 4.74 Å². The van der Waals surface area contributed by atoms with E-state index in [9.17, 15) is 0 Å². The predicted octanol–water partition coefficient (Wildman–Crippen LogP) is 2.50. The van der Waals surface area contributed by atoms with Crippen molar-refractivity contribution in [2.75, 3.05) is 31.1 Å². The third-order valence-electron chi connectivity index (χ3n) is 3.59. The van der Waals surface area contributed by atoms with E-state index >= 15 is 0 Å². The Morgan fingerprint density at radius 2 is 2.25 bits per heavy atom. The molecule has 1 aromatic rings. The number of ether oxygens (including phenoxy) is 1. The molecule has 0 radical (unpaired) electrons. The van der Waals surface area contributed by atoms with Gasteiger partial charge in [0.15, 0.2) is 0 Å². The van der Waals surface area contributed by atoms with Gasteiger partial charge in [-0.05, 0) is 50.9 Å². The number of rotatable bonds is 5. The van der Waals surface area contributed by atoms with Crippen molar-refractivity contribution in [1.82, 2.24) is 10.3 Å². The molecule has 2 rings (SSSR count). The maximum absolute atomic E-state index is 5.77. The minimum atomic E-state index is -0.0896. The molecule has 0 saturated carbocycles. The van der Waals surface area contributed by atoms with E-state index in [1.807, 2.05) is 6.20 Å². The summed E-state index contributed by atoms with van der Waals surface area (Å²) in [5.74, 6) is 1.10. The summed E-state index contributed by atoms with van der Waals surface area (Å²) in [5, 5.41) is 3.42. The summed E-state index contributed by atoms with van der Waals surface area (Å²) in [4.78, 5) is 7.01. The van der Waals surface area contributed by atoms with Crippen molar-refractivity contribution in [3.63, 3.8) is 0 Å². The number of nitrogens with one attached hydrogen (secondary N) is 1. The van der Waals surface area contributed by atoms with E-state index in [0.717, 1.165) is 45.0 Å². The van der Waals surface area contributed by atoms with Gasteiger partial charge in [0.25, 0.3) is 0 Å². The van der Waals surface area contributed by atoms with Crippen LogP contribution in [0.25, 0.3) is 0 Å². The number of nitrogens with zero attached hydrogens (tertiary/aromatic N) is 2. The number of hydrogen-bond acceptors (Lipinski definition) is 4. The summed E-state index contributed by atoms with van der Waals surface area (Å²) in [5.41, 5.74) is 2.42. The van der Waals surface area contributed by atoms with Gasteiger partial charge in [0.2, 0.25) is 0 Å². The highest BCUT2D eigenvalue weighted by molar-refractivity contribution is 5.48. The van der Waals surface area contributed by atoms with Crippen LogP contribution in [0, 0.1) is 6.92 Å². The zero-order valence-electron chi connectivity index (χ0n) is 13.2. The number of morpholine rings is 1. The molecule has 0 atom stereocenters. The van der Waals surface area contributed by atoms with Crippen LogP contribution in [0.2, 0.25) is 0 Å². The van der Waals surface area contributed by atoms with Gasteiger partial charge in [0.1, 0.15) is 5.82 Å². The number of anilines is 1. The van der Waals surface area contributed by atoms with Crippen molar-refractivity contribution < 1.29 is 4.74 Å². The van der Waals surface area contributed by atoms with Crippen LogP contribution in [0.4, 0.5) is 5.82 Å². The Labute approximate surface area is 122 Å². The van der Waals surface area contributed by atoms with Crippen LogP contribution >= 0.6 is 0 Å². The zero-order chi connectivity index (χ0) is 14.6. The van der Waals surface area contributed by atoms with Crippen molar-refractivity contribution in [2.45, 2.75) is 46.3 Å². The largest absolute Gasteiger partial charge is 0.372 e. The van der Waals surface area contributed by atoms with Crippen molar-refractivity contribution in [2.24, 2.45) is 0 Å². The average molecular weight is 277 g/mol. The molecule has 0 amide bonds. The maximum Gasteiger partial charge on any atom is 0.131 e. The molecule has 112 valence electrons. The lowest BCUT2D eigenvalue weighted by atomic mass is 10.1. The van der Waals surface area contributed by atoms with E-state index in [-0.39, 0.29) is 5.60 Å². The lowest BCUT2D eigenvalue weighted by Crippen LogP contribution is -2.48. The average Bonchev–Trinajstić information content (AvgIpc) is 2.38. The molecule has 0 aromatic carbocycles. The zero-order valence-corrected chi connectivity index (χ0v) is 13.2. The second-order valence-electron chi connectivity index (χ2n) is 6.19. The number of aryl methyl sites for hydroxylation is 1. The molecule has 1 saturated heterocycles. The van der Waals surface area contributed by atoms with Crippen LogP contribution in [-0.2, 0) is 11.3 Å². The number of aromatic nitrogens is 1. The van der Waals surface area contributed by atoms with Crippen LogP contribution < -0.4 is 10.2 Å². The Kier molecular flexibility index (Phi) is 5.00. The van der Waals surface area contributed by atoms with Gasteiger partial charge in [0.05, 0.1) is 12.2 Å². The standard InChI is InChI=1S/C16H27N3O/c1-5-6-17-10-14-9-13(2)15(18-11-14)19-7-8-20-16(3,4)12-19/h9,11,17H,5-8,10,12H2,1-4H3. The molecule has 1 N–H and O–H groups in total. The first-order chi connectivity index (χ1) is 9.52. The molecule has 4 nitrogen and oxygen atoms in total. The predicted molar refractivity (Wildman–Crippen MR) is 83.2 cm³/mol. The van der Waals surface area contributed by atoms with Crippen molar-refractivity contribution in [1.29, 1.82) is 0 Å². The minimum Gasteiger partial charge on any atom is -0.372 e. The van der Waals surface area contributed by atoms with Crippen molar-refractivity contribution in [3.8, 4) is 0 Å². The van der Waals surface area contributed by atoms with E-state index in [2.05, 4.69) is 49.0 Å². The maximum atomic E-state index is 5.77. The molecular formula is C16H27N3O. The van der Waals surface area contributed by atoms with Crippen LogP contribution in [0.3, 0.4) is 0 Å². The third kappa shape index (κ3) is 3.93. The van der Waals surface area contributed by atoms with E-state index in [1.165, 1.54) is 11.1 Å². The second kappa shape index (κ2) is 6.55. The Morgan fingerprint density at radius 3 is 2.90 bits per heavy atom. The Morgan fingerprint density at radius 1 is 1.45 bits per heavy atom. The van der Waals surface area contributed by atoms with Gasteiger partial charge in [0, 0.05) is 25.8 Å². The van der Waals surface area contributed by atoms with Gasteiger partial charge in [-0.2, -0.15) is 0 Å². The van der Waals surface area contributed by atoms with Crippen LogP contribution in [-0.4, -0.2) is 36.8 Å². The summed E-state index contributed by atoms with van der Waals surface area (Å²) < 4.78 is 5.77. The summed E-state index contributed by atoms with van der Waals surface area (Å²) in [7, 11) is 0. The lowest BCUT2D eigenvalue weighted by molar-refractivity contribution is -0.0279. The first kappa shape index (κ1) is 15.3. The lowest BCUT2D eigenvalue weighted by Gasteiger charge is -2.39. The van der Waals surface area contributed by atoms with Crippen LogP contribution in [0.1, 0.15) is 38.3 Å². The highest BCUT2D eigenvalue weighted by atomic mass is 16.5. The number of pyridine rings is 1. The fraction of sp³-hybridized carbons (Fsp3) is 0.688. The summed E-state index contributed by atoms with van der Waals surface area (Å²) in [6.45, 7) is 13.1. The molecule has 0 spiro atoms. The first-order valence-electron chi connectivity index (χ1n) is 7.57. The molecule has 1 aromatic heterocycles. The van der Waals surface area contributed by atoms with Gasteiger partial charge in [-0.15, -0.1) is 0 Å². The fourth-order valence-corrected chi connectivity index (χ4v) is 2.66. The summed E-state index contributed by atoms with van der Waals surface area (Å²) in [6, 6.07) is 2.24. The first-order valence-corrected chi connectivity index (χ1v) is 7.57. The molecule has 20 heavy (non-hydrogen) atoms. The van der Waals surface area contributed by atoms with Gasteiger partial charge in [-0.1, -0.05) is 6.92 Å². The Bertz CT molecular complexity index is 445. The summed E-state index contributed by atoms with van der Waals surface area (Å²) >= 11 is 0. The molecular weight excluding hydrogens is 250 g/mol. The molecule has 0 aliphatic carbocycles. The van der Waals surface area contributed by atoms with Crippen molar-refractivity contribution >= 4 is 5.82 Å². The molecule has 0 unspecified atom stereocenters. The van der Waals surface area contributed by atoms with E-state index in [1.54, 1.807) is 0 Å². The molecule has 4 heteroatoms. The van der Waals surface area contributed by atoms with Crippen molar-refractivity contribution in [3.05, 3.63) is 23.4 Å². The normalized spacial score (nSPS) is 18.3. The van der Waals surface area contributed by atoms with Gasteiger partial charge < -0.3 is 15.0 Å². The topological polar surface area (TPSA) is 37.4 Å². The smallest absolute Gasteiger partial charge is 0.131 e. The summed E-state index contributed by atoms with van der Waals surface area (Å²) in [6.07, 6.45) is 3.15. The molecule has 1 aliphatic heterocycles. The minimum absolute atomic E-state index is 0.0896. The molecule has 1 fully saturated rings. The van der Waals surface area contributed by atoms with Gasteiger partial charge in [-0.3, -0.25) is 0 Å². The number of hydrogen-bond donors (Lipinski definition) is 1. The highest BCUT2D eigenvalue weighted by Gasteiger charge is 2.28. The quantitative estimate of drug-likeness (QED) is 0.839. The monoisotopic (exact) mass is 277 g/mol. The third-order valence-corrected chi connectivity index (χ3v) is 3.59. The Balaban J connectivity index is 2.05. The van der Waals surface area contributed by atoms with E-state index < -0.39 is 0 Å². The highest BCUT2D eigenvalue weighted by Crippen LogP contribution is 2.24. The SMILES string of the molecule is CCCNCc1cnc(N2CCOC(C)(C)C2)c(C)c1. The van der Waals surface area contributed by atoms with E-state index in [0.29, 0.717) is 0 Å². The molecule has 0 bridgehead atoms. The van der Waals surface area contributed by atoms with Crippen LogP contribution in [0.5, 0.6) is 0 Å². The van der Waals surface area contributed by atoms with Gasteiger partial charge in [-0.25, -0.2) is 4.98 Å². The molecule has 2 heterocycles. The fourth-order valence-electron chi connectivity index (χ4n) is 2.66. The Hall–Kier alpha value is -1.13. The van der Waals surface area contributed by atoms with Gasteiger partial charge >= 0.3 is 0 Å².